The van der Waals surface area contributed by atoms with E-state index >= 15 is 0 Å². The second-order valence-corrected chi connectivity index (χ2v) is 4.87. The van der Waals surface area contributed by atoms with E-state index < -0.39 is 5.91 Å². The number of piperidine rings is 1. The van der Waals surface area contributed by atoms with E-state index in [4.69, 9.17) is 5.73 Å². The Kier molecular flexibility index (Phi) is 4.33. The van der Waals surface area contributed by atoms with Crippen LogP contribution in [0.25, 0.3) is 0 Å². The predicted octanol–water partition coefficient (Wildman–Crippen LogP) is 1.13. The molecule has 1 heterocycles. The van der Waals surface area contributed by atoms with Crippen molar-refractivity contribution in [2.45, 2.75) is 31.8 Å². The molecule has 1 unspecified atom stereocenters. The summed E-state index contributed by atoms with van der Waals surface area (Å²) in [5.74, 6) is -0.394. The third kappa shape index (κ3) is 3.09. The first kappa shape index (κ1) is 13.1. The number of amides is 1. The van der Waals surface area contributed by atoms with Gasteiger partial charge in [-0.05, 0) is 37.1 Å². The number of likely N-dealkylation sites (tertiary alicyclic amines) is 1. The van der Waals surface area contributed by atoms with Crippen molar-refractivity contribution in [1.82, 2.24) is 4.90 Å². The number of hydrogen-bond acceptors (Lipinski definition) is 3. The number of hydrogen-bond donors (Lipinski definition) is 2. The molecule has 18 heavy (non-hydrogen) atoms. The van der Waals surface area contributed by atoms with Crippen molar-refractivity contribution in [2.24, 2.45) is 5.73 Å². The minimum absolute atomic E-state index is 0.204. The third-order valence-electron chi connectivity index (χ3n) is 3.56. The predicted molar refractivity (Wildman–Crippen MR) is 70.1 cm³/mol. The van der Waals surface area contributed by atoms with E-state index in [-0.39, 0.29) is 12.6 Å². The number of aliphatic hydroxyl groups excluding tert-OH is 1. The van der Waals surface area contributed by atoms with Crippen LogP contribution in [0.4, 0.5) is 0 Å². The quantitative estimate of drug-likeness (QED) is 0.839. The van der Waals surface area contributed by atoms with Crippen molar-refractivity contribution in [3.05, 3.63) is 35.4 Å². The first-order chi connectivity index (χ1) is 8.70. The Morgan fingerprint density at radius 2 is 2.28 bits per heavy atom. The van der Waals surface area contributed by atoms with Gasteiger partial charge in [0, 0.05) is 18.2 Å². The van der Waals surface area contributed by atoms with Crippen molar-refractivity contribution >= 4 is 5.91 Å². The van der Waals surface area contributed by atoms with Crippen molar-refractivity contribution < 1.29 is 9.90 Å². The lowest BCUT2D eigenvalue weighted by atomic mass is 10.0. The van der Waals surface area contributed by atoms with E-state index in [0.717, 1.165) is 25.1 Å². The molecular formula is C14H20N2O2. The number of aliphatic hydroxyl groups is 1. The number of carbonyl (C=O) groups excluding carboxylic acids is 1. The Balaban J connectivity index is 2.07. The standard InChI is InChI=1S/C14H20N2O2/c15-14(18)12-5-3-4-11(8-12)9-16-7-2-1-6-13(16)10-17/h3-5,8,13,17H,1-2,6-7,9-10H2,(H2,15,18). The van der Waals surface area contributed by atoms with E-state index in [1.165, 1.54) is 12.8 Å². The number of benzene rings is 1. The Labute approximate surface area is 107 Å². The van der Waals surface area contributed by atoms with Crippen LogP contribution in [-0.2, 0) is 6.54 Å². The molecule has 1 fully saturated rings. The summed E-state index contributed by atoms with van der Waals surface area (Å²) >= 11 is 0. The van der Waals surface area contributed by atoms with E-state index in [0.29, 0.717) is 5.56 Å². The summed E-state index contributed by atoms with van der Waals surface area (Å²) in [4.78, 5) is 13.4. The first-order valence-electron chi connectivity index (χ1n) is 6.44. The first-order valence-corrected chi connectivity index (χ1v) is 6.44. The normalized spacial score (nSPS) is 20.8. The van der Waals surface area contributed by atoms with Crippen LogP contribution in [0.2, 0.25) is 0 Å². The lowest BCUT2D eigenvalue weighted by molar-refractivity contribution is 0.0840. The molecule has 98 valence electrons. The van der Waals surface area contributed by atoms with Gasteiger partial charge in [0.05, 0.1) is 6.61 Å². The highest BCUT2D eigenvalue weighted by Gasteiger charge is 2.21. The van der Waals surface area contributed by atoms with Gasteiger partial charge in [0.25, 0.3) is 0 Å². The molecule has 1 aromatic carbocycles. The molecule has 0 aliphatic carbocycles. The molecule has 2 rings (SSSR count). The molecule has 1 aliphatic heterocycles. The minimum Gasteiger partial charge on any atom is -0.395 e. The Hall–Kier alpha value is -1.39. The van der Waals surface area contributed by atoms with Gasteiger partial charge in [0.2, 0.25) is 5.91 Å². The highest BCUT2D eigenvalue weighted by Crippen LogP contribution is 2.19. The zero-order valence-corrected chi connectivity index (χ0v) is 10.5. The van der Waals surface area contributed by atoms with Crippen molar-refractivity contribution in [1.29, 1.82) is 0 Å². The average Bonchev–Trinajstić information content (AvgIpc) is 2.39. The zero-order valence-electron chi connectivity index (χ0n) is 10.5. The molecular weight excluding hydrogens is 228 g/mol. The van der Waals surface area contributed by atoms with Crippen LogP contribution < -0.4 is 5.73 Å². The van der Waals surface area contributed by atoms with Crippen LogP contribution >= 0.6 is 0 Å². The summed E-state index contributed by atoms with van der Waals surface area (Å²) in [7, 11) is 0. The highest BCUT2D eigenvalue weighted by molar-refractivity contribution is 5.92. The van der Waals surface area contributed by atoms with E-state index in [2.05, 4.69) is 4.90 Å². The number of rotatable bonds is 4. The largest absolute Gasteiger partial charge is 0.395 e. The van der Waals surface area contributed by atoms with Crippen LogP contribution in [0.15, 0.2) is 24.3 Å². The van der Waals surface area contributed by atoms with Crippen LogP contribution in [0.5, 0.6) is 0 Å². The molecule has 1 atom stereocenters. The second-order valence-electron chi connectivity index (χ2n) is 4.87. The molecule has 0 spiro atoms. The SMILES string of the molecule is NC(=O)c1cccc(CN2CCCCC2CO)c1. The average molecular weight is 248 g/mol. The molecule has 0 radical (unpaired) electrons. The van der Waals surface area contributed by atoms with Gasteiger partial charge >= 0.3 is 0 Å². The fourth-order valence-electron chi connectivity index (χ4n) is 2.53. The molecule has 1 aliphatic rings. The second kappa shape index (κ2) is 5.98. The Morgan fingerprint density at radius 1 is 1.44 bits per heavy atom. The lowest BCUT2D eigenvalue weighted by Gasteiger charge is -2.34. The van der Waals surface area contributed by atoms with E-state index in [1.807, 2.05) is 18.2 Å². The van der Waals surface area contributed by atoms with Crippen LogP contribution in [0, 0.1) is 0 Å². The van der Waals surface area contributed by atoms with Gasteiger partial charge in [-0.15, -0.1) is 0 Å². The van der Waals surface area contributed by atoms with E-state index in [9.17, 15) is 9.90 Å². The zero-order chi connectivity index (χ0) is 13.0. The maximum absolute atomic E-state index is 11.1. The van der Waals surface area contributed by atoms with Gasteiger partial charge in [-0.1, -0.05) is 18.6 Å². The Bertz CT molecular complexity index is 420. The van der Waals surface area contributed by atoms with Crippen LogP contribution in [0.3, 0.4) is 0 Å². The van der Waals surface area contributed by atoms with Gasteiger partial charge in [-0.3, -0.25) is 9.69 Å². The van der Waals surface area contributed by atoms with Crippen molar-refractivity contribution in [3.8, 4) is 0 Å². The molecule has 0 bridgehead atoms. The third-order valence-corrected chi connectivity index (χ3v) is 3.56. The molecule has 0 saturated carbocycles. The summed E-state index contributed by atoms with van der Waals surface area (Å²) in [5, 5.41) is 9.37. The van der Waals surface area contributed by atoms with Gasteiger partial charge < -0.3 is 10.8 Å². The molecule has 4 nitrogen and oxygen atoms in total. The summed E-state index contributed by atoms with van der Waals surface area (Å²) in [5.41, 5.74) is 6.90. The minimum atomic E-state index is -0.394. The van der Waals surface area contributed by atoms with E-state index in [1.54, 1.807) is 6.07 Å². The van der Waals surface area contributed by atoms with Gasteiger partial charge in [-0.25, -0.2) is 0 Å². The van der Waals surface area contributed by atoms with Crippen LogP contribution in [-0.4, -0.2) is 35.1 Å². The fraction of sp³-hybridized carbons (Fsp3) is 0.500. The summed E-state index contributed by atoms with van der Waals surface area (Å²) in [6.07, 6.45) is 3.40. The molecule has 1 amide bonds. The monoisotopic (exact) mass is 248 g/mol. The number of nitrogens with two attached hydrogens (primary N) is 1. The van der Waals surface area contributed by atoms with Crippen molar-refractivity contribution in [2.75, 3.05) is 13.2 Å². The topological polar surface area (TPSA) is 66.6 Å². The molecule has 3 N–H and O–H groups in total. The molecule has 0 aromatic heterocycles. The summed E-state index contributed by atoms with van der Waals surface area (Å²) in [6, 6.07) is 7.66. The fourth-order valence-corrected chi connectivity index (χ4v) is 2.53. The van der Waals surface area contributed by atoms with Gasteiger partial charge in [-0.2, -0.15) is 0 Å². The van der Waals surface area contributed by atoms with Gasteiger partial charge in [0.1, 0.15) is 0 Å². The maximum atomic E-state index is 11.1. The van der Waals surface area contributed by atoms with Gasteiger partial charge in [0.15, 0.2) is 0 Å². The Morgan fingerprint density at radius 3 is 3.00 bits per heavy atom. The van der Waals surface area contributed by atoms with Crippen LogP contribution in [0.1, 0.15) is 35.2 Å². The number of carbonyl (C=O) groups is 1. The molecule has 4 heteroatoms. The smallest absolute Gasteiger partial charge is 0.248 e. The highest BCUT2D eigenvalue weighted by atomic mass is 16.3. The van der Waals surface area contributed by atoms with Crippen molar-refractivity contribution in [3.63, 3.8) is 0 Å². The molecule has 1 saturated heterocycles. The summed E-state index contributed by atoms with van der Waals surface area (Å²) in [6.45, 7) is 1.98. The summed E-state index contributed by atoms with van der Waals surface area (Å²) < 4.78 is 0. The number of nitrogens with zero attached hydrogens (tertiary/aromatic N) is 1. The maximum Gasteiger partial charge on any atom is 0.248 e. The lowest BCUT2D eigenvalue weighted by Crippen LogP contribution is -2.41. The number of primary amides is 1. The molecule has 1 aromatic rings.